The van der Waals surface area contributed by atoms with Crippen molar-refractivity contribution in [2.24, 2.45) is 5.73 Å². The molecule has 2 N–H and O–H groups in total. The standard InChI is InChI=1S/C13H25N5O/c1-9(10(2)14)13-15-12(16-19-13)7-11-8-17(3)5-6-18(11)4/h9-11H,5-8,14H2,1-4H3. The fraction of sp³-hybridized carbons (Fsp3) is 0.846. The molecule has 0 saturated carbocycles. The summed E-state index contributed by atoms with van der Waals surface area (Å²) < 4.78 is 5.32. The number of nitrogens with two attached hydrogens (primary N) is 1. The van der Waals surface area contributed by atoms with Gasteiger partial charge in [-0.15, -0.1) is 0 Å². The average Bonchev–Trinajstić information content (AvgIpc) is 2.81. The van der Waals surface area contributed by atoms with Crippen molar-refractivity contribution in [3.8, 4) is 0 Å². The van der Waals surface area contributed by atoms with Crippen LogP contribution >= 0.6 is 0 Å². The van der Waals surface area contributed by atoms with Crippen LogP contribution in [0, 0.1) is 0 Å². The van der Waals surface area contributed by atoms with E-state index in [4.69, 9.17) is 10.3 Å². The van der Waals surface area contributed by atoms with Gasteiger partial charge in [0.15, 0.2) is 5.82 Å². The molecule has 1 saturated heterocycles. The largest absolute Gasteiger partial charge is 0.339 e. The van der Waals surface area contributed by atoms with Gasteiger partial charge >= 0.3 is 0 Å². The molecule has 1 aromatic heterocycles. The normalized spacial score (nSPS) is 25.4. The van der Waals surface area contributed by atoms with Gasteiger partial charge in [-0.25, -0.2) is 0 Å². The molecular weight excluding hydrogens is 242 g/mol. The molecule has 108 valence electrons. The highest BCUT2D eigenvalue weighted by molar-refractivity contribution is 4.98. The maximum atomic E-state index is 5.86. The Morgan fingerprint density at radius 3 is 2.79 bits per heavy atom. The number of hydrogen-bond donors (Lipinski definition) is 1. The van der Waals surface area contributed by atoms with E-state index in [9.17, 15) is 0 Å². The van der Waals surface area contributed by atoms with E-state index in [-0.39, 0.29) is 12.0 Å². The highest BCUT2D eigenvalue weighted by Gasteiger charge is 2.25. The zero-order valence-corrected chi connectivity index (χ0v) is 12.3. The lowest BCUT2D eigenvalue weighted by Crippen LogP contribution is -2.50. The third-order valence-electron chi connectivity index (χ3n) is 4.06. The van der Waals surface area contributed by atoms with E-state index in [0.717, 1.165) is 31.9 Å². The molecule has 1 aliphatic heterocycles. The first-order valence-corrected chi connectivity index (χ1v) is 6.94. The molecule has 2 rings (SSSR count). The Labute approximate surface area is 114 Å². The van der Waals surface area contributed by atoms with Gasteiger partial charge in [0.25, 0.3) is 0 Å². The fourth-order valence-electron chi connectivity index (χ4n) is 2.29. The zero-order valence-electron chi connectivity index (χ0n) is 12.3. The fourth-order valence-corrected chi connectivity index (χ4v) is 2.29. The summed E-state index contributed by atoms with van der Waals surface area (Å²) in [4.78, 5) is 9.19. The molecule has 0 spiro atoms. The summed E-state index contributed by atoms with van der Waals surface area (Å²) >= 11 is 0. The van der Waals surface area contributed by atoms with Crippen LogP contribution < -0.4 is 5.73 Å². The first-order valence-electron chi connectivity index (χ1n) is 6.94. The van der Waals surface area contributed by atoms with E-state index in [0.29, 0.717) is 11.9 Å². The second-order valence-electron chi connectivity index (χ2n) is 5.80. The van der Waals surface area contributed by atoms with Gasteiger partial charge in [0.2, 0.25) is 5.89 Å². The number of piperazine rings is 1. The van der Waals surface area contributed by atoms with E-state index in [2.05, 4.69) is 34.0 Å². The summed E-state index contributed by atoms with van der Waals surface area (Å²) in [5.74, 6) is 1.54. The second kappa shape index (κ2) is 5.98. The van der Waals surface area contributed by atoms with E-state index in [1.165, 1.54) is 0 Å². The Hall–Kier alpha value is -0.980. The van der Waals surface area contributed by atoms with Gasteiger partial charge in [-0.3, -0.25) is 0 Å². The molecule has 1 aromatic rings. The molecule has 1 aliphatic rings. The van der Waals surface area contributed by atoms with Gasteiger partial charge in [-0.2, -0.15) is 4.98 Å². The molecule has 0 aromatic carbocycles. The van der Waals surface area contributed by atoms with Gasteiger partial charge in [-0.1, -0.05) is 12.1 Å². The topological polar surface area (TPSA) is 71.4 Å². The maximum Gasteiger partial charge on any atom is 0.231 e. The van der Waals surface area contributed by atoms with Crippen LogP contribution in [0.15, 0.2) is 4.52 Å². The predicted octanol–water partition coefficient (Wildman–Crippen LogP) is 0.309. The monoisotopic (exact) mass is 267 g/mol. The van der Waals surface area contributed by atoms with Crippen molar-refractivity contribution < 1.29 is 4.52 Å². The third kappa shape index (κ3) is 3.52. The minimum absolute atomic E-state index is 0.0248. The number of nitrogens with zero attached hydrogens (tertiary/aromatic N) is 4. The van der Waals surface area contributed by atoms with E-state index in [1.54, 1.807) is 0 Å². The SMILES string of the molecule is CC(N)C(C)c1nc(CC2CN(C)CCN2C)no1. The minimum atomic E-state index is 0.0248. The summed E-state index contributed by atoms with van der Waals surface area (Å²) in [7, 11) is 4.31. The lowest BCUT2D eigenvalue weighted by atomic mass is 10.1. The van der Waals surface area contributed by atoms with Gasteiger partial charge in [-0.05, 0) is 21.0 Å². The number of rotatable bonds is 4. The summed E-state index contributed by atoms with van der Waals surface area (Å²) in [6.45, 7) is 7.22. The van der Waals surface area contributed by atoms with Crippen LogP contribution in [0.3, 0.4) is 0 Å². The molecule has 19 heavy (non-hydrogen) atoms. The lowest BCUT2D eigenvalue weighted by molar-refractivity contribution is 0.113. The van der Waals surface area contributed by atoms with Crippen molar-refractivity contribution in [1.82, 2.24) is 19.9 Å². The Morgan fingerprint density at radius 2 is 2.11 bits per heavy atom. The molecule has 6 heteroatoms. The predicted molar refractivity (Wildman–Crippen MR) is 74.0 cm³/mol. The van der Waals surface area contributed by atoms with Crippen LogP contribution in [0.4, 0.5) is 0 Å². The Balaban J connectivity index is 1.99. The van der Waals surface area contributed by atoms with Crippen LogP contribution in [0.25, 0.3) is 0 Å². The minimum Gasteiger partial charge on any atom is -0.339 e. The van der Waals surface area contributed by atoms with Crippen LogP contribution in [-0.4, -0.2) is 65.8 Å². The summed E-state index contributed by atoms with van der Waals surface area (Å²) in [6, 6.07) is 0.478. The van der Waals surface area contributed by atoms with Gasteiger partial charge in [0, 0.05) is 38.1 Å². The van der Waals surface area contributed by atoms with Gasteiger partial charge in [0.1, 0.15) is 0 Å². The molecule has 0 amide bonds. The highest BCUT2D eigenvalue weighted by atomic mass is 16.5. The molecular formula is C13H25N5O. The van der Waals surface area contributed by atoms with Gasteiger partial charge in [0.05, 0.1) is 5.92 Å². The lowest BCUT2D eigenvalue weighted by Gasteiger charge is -2.37. The summed E-state index contributed by atoms with van der Waals surface area (Å²) in [6.07, 6.45) is 0.829. The molecule has 2 heterocycles. The van der Waals surface area contributed by atoms with Crippen molar-refractivity contribution in [3.63, 3.8) is 0 Å². The molecule has 3 unspecified atom stereocenters. The van der Waals surface area contributed by atoms with Crippen LogP contribution in [0.1, 0.15) is 31.5 Å². The van der Waals surface area contributed by atoms with Crippen molar-refractivity contribution in [2.75, 3.05) is 33.7 Å². The molecule has 0 radical (unpaired) electrons. The smallest absolute Gasteiger partial charge is 0.231 e. The zero-order chi connectivity index (χ0) is 14.0. The molecule has 0 aliphatic carbocycles. The van der Waals surface area contributed by atoms with E-state index < -0.39 is 0 Å². The van der Waals surface area contributed by atoms with Crippen molar-refractivity contribution >= 4 is 0 Å². The van der Waals surface area contributed by atoms with Gasteiger partial charge < -0.3 is 20.1 Å². The van der Waals surface area contributed by atoms with E-state index in [1.807, 2.05) is 13.8 Å². The average molecular weight is 267 g/mol. The second-order valence-corrected chi connectivity index (χ2v) is 5.80. The van der Waals surface area contributed by atoms with Crippen LogP contribution in [0.2, 0.25) is 0 Å². The Bertz CT molecular complexity index is 405. The molecule has 0 bridgehead atoms. The first-order chi connectivity index (χ1) is 8.97. The number of hydrogen-bond acceptors (Lipinski definition) is 6. The summed E-state index contributed by atoms with van der Waals surface area (Å²) in [5, 5.41) is 4.09. The highest BCUT2D eigenvalue weighted by Crippen LogP contribution is 2.17. The van der Waals surface area contributed by atoms with Crippen molar-refractivity contribution in [2.45, 2.75) is 38.3 Å². The number of aromatic nitrogens is 2. The maximum absolute atomic E-state index is 5.86. The molecule has 6 nitrogen and oxygen atoms in total. The first kappa shape index (κ1) is 14.4. The third-order valence-corrected chi connectivity index (χ3v) is 4.06. The van der Waals surface area contributed by atoms with Crippen LogP contribution in [0.5, 0.6) is 0 Å². The quantitative estimate of drug-likeness (QED) is 0.846. The number of likely N-dealkylation sites (N-methyl/N-ethyl adjacent to an activating group) is 2. The Kier molecular flexibility index (Phi) is 4.54. The van der Waals surface area contributed by atoms with Crippen LogP contribution in [-0.2, 0) is 6.42 Å². The molecule has 1 fully saturated rings. The van der Waals surface area contributed by atoms with Crippen molar-refractivity contribution in [3.05, 3.63) is 11.7 Å². The van der Waals surface area contributed by atoms with E-state index >= 15 is 0 Å². The Morgan fingerprint density at radius 1 is 1.37 bits per heavy atom. The summed E-state index contributed by atoms with van der Waals surface area (Å²) in [5.41, 5.74) is 5.86. The molecule has 3 atom stereocenters. The van der Waals surface area contributed by atoms with Crippen molar-refractivity contribution in [1.29, 1.82) is 0 Å².